The van der Waals surface area contributed by atoms with Crippen LogP contribution in [0.4, 0.5) is 0 Å². The Bertz CT molecular complexity index is 361. The van der Waals surface area contributed by atoms with E-state index in [1.165, 1.54) is 6.42 Å². The molecule has 1 aromatic carbocycles. The van der Waals surface area contributed by atoms with Crippen LogP contribution < -0.4 is 5.73 Å². The molecule has 2 N–H and O–H groups in total. The molecule has 2 rings (SSSR count). The highest BCUT2D eigenvalue weighted by molar-refractivity contribution is 6.30. The minimum Gasteiger partial charge on any atom is -0.373 e. The highest BCUT2D eigenvalue weighted by atomic mass is 35.5. The smallest absolute Gasteiger partial charge is 0.0846 e. The summed E-state index contributed by atoms with van der Waals surface area (Å²) in [6.45, 7) is 2.91. The molecular weight excluding hydrogens is 222 g/mol. The lowest BCUT2D eigenvalue weighted by molar-refractivity contribution is -0.0820. The van der Waals surface area contributed by atoms with E-state index in [4.69, 9.17) is 22.1 Å². The standard InChI is InChI=1S/C13H18ClNO/c1-13(7-2-3-8-16-13)12(15)10-5-4-6-11(14)9-10/h4-6,9,12H,2-3,7-8,15H2,1H3. The predicted molar refractivity (Wildman–Crippen MR) is 66.6 cm³/mol. The summed E-state index contributed by atoms with van der Waals surface area (Å²) in [6, 6.07) is 7.63. The molecule has 88 valence electrons. The van der Waals surface area contributed by atoms with E-state index in [-0.39, 0.29) is 11.6 Å². The molecule has 3 heteroatoms. The molecule has 1 fully saturated rings. The number of hydrogen-bond donors (Lipinski definition) is 1. The molecule has 1 aromatic rings. The van der Waals surface area contributed by atoms with Gasteiger partial charge in [0.1, 0.15) is 0 Å². The van der Waals surface area contributed by atoms with Gasteiger partial charge in [-0.2, -0.15) is 0 Å². The minimum absolute atomic E-state index is 0.105. The van der Waals surface area contributed by atoms with E-state index < -0.39 is 0 Å². The Kier molecular flexibility index (Phi) is 3.53. The normalized spacial score (nSPS) is 27.7. The lowest BCUT2D eigenvalue weighted by atomic mass is 9.85. The minimum atomic E-state index is -0.247. The van der Waals surface area contributed by atoms with E-state index in [1.54, 1.807) is 0 Å². The van der Waals surface area contributed by atoms with Gasteiger partial charge in [0.2, 0.25) is 0 Å². The summed E-state index contributed by atoms with van der Waals surface area (Å²) in [6.07, 6.45) is 3.34. The lowest BCUT2D eigenvalue weighted by Crippen LogP contribution is -2.43. The van der Waals surface area contributed by atoms with Crippen LogP contribution in [-0.4, -0.2) is 12.2 Å². The summed E-state index contributed by atoms with van der Waals surface area (Å²) in [5.74, 6) is 0. The number of halogens is 1. The van der Waals surface area contributed by atoms with Gasteiger partial charge in [0, 0.05) is 11.6 Å². The van der Waals surface area contributed by atoms with Gasteiger partial charge >= 0.3 is 0 Å². The van der Waals surface area contributed by atoms with E-state index >= 15 is 0 Å². The first-order valence-electron chi connectivity index (χ1n) is 5.77. The molecule has 16 heavy (non-hydrogen) atoms. The van der Waals surface area contributed by atoms with Gasteiger partial charge in [-0.05, 0) is 43.9 Å². The van der Waals surface area contributed by atoms with E-state index in [2.05, 4.69) is 6.92 Å². The molecule has 1 heterocycles. The van der Waals surface area contributed by atoms with E-state index in [0.29, 0.717) is 0 Å². The Labute approximate surface area is 102 Å². The number of ether oxygens (including phenoxy) is 1. The highest BCUT2D eigenvalue weighted by Gasteiger charge is 2.35. The third-order valence-corrected chi connectivity index (χ3v) is 3.60. The highest BCUT2D eigenvalue weighted by Crippen LogP contribution is 2.35. The fourth-order valence-electron chi connectivity index (χ4n) is 2.25. The van der Waals surface area contributed by atoms with Gasteiger partial charge in [0.15, 0.2) is 0 Å². The first-order valence-corrected chi connectivity index (χ1v) is 6.15. The van der Waals surface area contributed by atoms with Crippen LogP contribution in [0.2, 0.25) is 5.02 Å². The topological polar surface area (TPSA) is 35.2 Å². The second-order valence-electron chi connectivity index (χ2n) is 4.65. The van der Waals surface area contributed by atoms with E-state index in [0.717, 1.165) is 30.0 Å². The fourth-order valence-corrected chi connectivity index (χ4v) is 2.45. The Balaban J connectivity index is 2.20. The maximum Gasteiger partial charge on any atom is 0.0846 e. The third-order valence-electron chi connectivity index (χ3n) is 3.36. The molecule has 0 aliphatic carbocycles. The van der Waals surface area contributed by atoms with E-state index in [9.17, 15) is 0 Å². The SMILES string of the molecule is CC1(C(N)c2cccc(Cl)c2)CCCCO1. The molecule has 0 amide bonds. The molecule has 2 atom stereocenters. The average molecular weight is 240 g/mol. The second-order valence-corrected chi connectivity index (χ2v) is 5.09. The molecule has 1 aliphatic rings. The second kappa shape index (κ2) is 4.74. The summed E-state index contributed by atoms with van der Waals surface area (Å²) >= 11 is 5.98. The molecule has 0 bridgehead atoms. The maximum atomic E-state index is 6.29. The first kappa shape index (κ1) is 11.9. The first-order chi connectivity index (χ1) is 7.62. The van der Waals surface area contributed by atoms with Crippen LogP contribution in [0.15, 0.2) is 24.3 Å². The Hall–Kier alpha value is -0.570. The van der Waals surface area contributed by atoms with Crippen molar-refractivity contribution in [1.29, 1.82) is 0 Å². The van der Waals surface area contributed by atoms with E-state index in [1.807, 2.05) is 24.3 Å². The summed E-state index contributed by atoms with van der Waals surface area (Å²) in [5, 5.41) is 0.729. The predicted octanol–water partition coefficient (Wildman–Crippen LogP) is 3.30. The summed E-state index contributed by atoms with van der Waals surface area (Å²) in [4.78, 5) is 0. The zero-order valence-electron chi connectivity index (χ0n) is 9.58. The van der Waals surface area contributed by atoms with Crippen LogP contribution in [0.5, 0.6) is 0 Å². The van der Waals surface area contributed by atoms with Crippen molar-refractivity contribution in [3.63, 3.8) is 0 Å². The van der Waals surface area contributed by atoms with Crippen LogP contribution in [0.1, 0.15) is 37.8 Å². The Morgan fingerprint density at radius 3 is 2.88 bits per heavy atom. The molecule has 0 radical (unpaired) electrons. The lowest BCUT2D eigenvalue weighted by Gasteiger charge is -2.39. The van der Waals surface area contributed by atoms with Crippen LogP contribution in [0.3, 0.4) is 0 Å². The molecule has 0 saturated carbocycles. The third kappa shape index (κ3) is 2.40. The van der Waals surface area contributed by atoms with Crippen molar-refractivity contribution in [1.82, 2.24) is 0 Å². The summed E-state index contributed by atoms with van der Waals surface area (Å²) in [7, 11) is 0. The van der Waals surface area contributed by atoms with Crippen molar-refractivity contribution in [3.05, 3.63) is 34.9 Å². The van der Waals surface area contributed by atoms with Crippen LogP contribution in [0.25, 0.3) is 0 Å². The van der Waals surface area contributed by atoms with Gasteiger partial charge in [-0.25, -0.2) is 0 Å². The Morgan fingerprint density at radius 2 is 2.25 bits per heavy atom. The van der Waals surface area contributed by atoms with Crippen LogP contribution in [0, 0.1) is 0 Å². The molecule has 0 aromatic heterocycles. The molecule has 1 saturated heterocycles. The number of rotatable bonds is 2. The van der Waals surface area contributed by atoms with Gasteiger partial charge in [0.25, 0.3) is 0 Å². The molecule has 1 aliphatic heterocycles. The fraction of sp³-hybridized carbons (Fsp3) is 0.538. The van der Waals surface area contributed by atoms with Crippen LogP contribution in [-0.2, 0) is 4.74 Å². The zero-order chi connectivity index (χ0) is 11.6. The Morgan fingerprint density at radius 1 is 1.44 bits per heavy atom. The van der Waals surface area contributed by atoms with Crippen molar-refractivity contribution in [2.75, 3.05) is 6.61 Å². The average Bonchev–Trinajstić information content (AvgIpc) is 2.29. The van der Waals surface area contributed by atoms with Crippen molar-refractivity contribution in [3.8, 4) is 0 Å². The zero-order valence-corrected chi connectivity index (χ0v) is 10.3. The van der Waals surface area contributed by atoms with Crippen molar-refractivity contribution in [2.24, 2.45) is 5.73 Å². The summed E-state index contributed by atoms with van der Waals surface area (Å²) in [5.41, 5.74) is 7.09. The van der Waals surface area contributed by atoms with Crippen LogP contribution >= 0.6 is 11.6 Å². The van der Waals surface area contributed by atoms with Gasteiger partial charge in [-0.3, -0.25) is 0 Å². The molecular formula is C13H18ClNO. The van der Waals surface area contributed by atoms with Gasteiger partial charge in [-0.1, -0.05) is 23.7 Å². The van der Waals surface area contributed by atoms with Crippen molar-refractivity contribution >= 4 is 11.6 Å². The number of benzene rings is 1. The largest absolute Gasteiger partial charge is 0.373 e. The van der Waals surface area contributed by atoms with Gasteiger partial charge < -0.3 is 10.5 Å². The monoisotopic (exact) mass is 239 g/mol. The summed E-state index contributed by atoms with van der Waals surface area (Å²) < 4.78 is 5.85. The molecule has 0 spiro atoms. The molecule has 2 unspecified atom stereocenters. The van der Waals surface area contributed by atoms with Crippen molar-refractivity contribution in [2.45, 2.75) is 37.8 Å². The van der Waals surface area contributed by atoms with Gasteiger partial charge in [0.05, 0.1) is 11.6 Å². The maximum absolute atomic E-state index is 6.29. The van der Waals surface area contributed by atoms with Crippen molar-refractivity contribution < 1.29 is 4.74 Å². The molecule has 2 nitrogen and oxygen atoms in total. The number of hydrogen-bond acceptors (Lipinski definition) is 2. The quantitative estimate of drug-likeness (QED) is 0.860. The van der Waals surface area contributed by atoms with Gasteiger partial charge in [-0.15, -0.1) is 0 Å². The number of nitrogens with two attached hydrogens (primary N) is 1.